The van der Waals surface area contributed by atoms with Gasteiger partial charge in [-0.05, 0) is 25.0 Å². The van der Waals surface area contributed by atoms with Gasteiger partial charge in [-0.25, -0.2) is 4.98 Å². The molecule has 7 heteroatoms. The van der Waals surface area contributed by atoms with E-state index in [1.54, 1.807) is 35.1 Å². The lowest BCUT2D eigenvalue weighted by Gasteiger charge is -2.08. The predicted octanol–water partition coefficient (Wildman–Crippen LogP) is 3.37. The summed E-state index contributed by atoms with van der Waals surface area (Å²) in [4.78, 5) is 20.6. The molecule has 118 valence electrons. The fourth-order valence-electron chi connectivity index (χ4n) is 2.30. The van der Waals surface area contributed by atoms with Gasteiger partial charge < -0.3 is 5.32 Å². The van der Waals surface area contributed by atoms with E-state index in [1.165, 1.54) is 6.20 Å². The smallest absolute Gasteiger partial charge is 0.258 e. The number of aryl methyl sites for hydroxylation is 1. The fourth-order valence-corrected chi connectivity index (χ4v) is 2.48. The Morgan fingerprint density at radius 3 is 3.00 bits per heavy atom. The van der Waals surface area contributed by atoms with Crippen molar-refractivity contribution in [2.24, 2.45) is 0 Å². The topological polar surface area (TPSA) is 72.2 Å². The summed E-state index contributed by atoms with van der Waals surface area (Å²) in [7, 11) is 0. The van der Waals surface area contributed by atoms with Crippen LogP contribution in [0.4, 0.5) is 5.82 Å². The first-order valence-corrected chi connectivity index (χ1v) is 7.81. The van der Waals surface area contributed by atoms with Crippen molar-refractivity contribution in [2.75, 3.05) is 5.32 Å². The number of rotatable bonds is 5. The molecule has 3 heterocycles. The monoisotopic (exact) mass is 329 g/mol. The van der Waals surface area contributed by atoms with Crippen LogP contribution in [0, 0.1) is 0 Å². The summed E-state index contributed by atoms with van der Waals surface area (Å²) in [5.74, 6) is 0.212. The van der Waals surface area contributed by atoms with Crippen molar-refractivity contribution >= 4 is 29.0 Å². The fraction of sp³-hybridized carbons (Fsp3) is 0.250. The molecule has 3 aromatic heterocycles. The van der Waals surface area contributed by atoms with Gasteiger partial charge in [0.2, 0.25) is 0 Å². The summed E-state index contributed by atoms with van der Waals surface area (Å²) in [5, 5.41) is 7.45. The van der Waals surface area contributed by atoms with Gasteiger partial charge in [-0.2, -0.15) is 9.61 Å². The van der Waals surface area contributed by atoms with Crippen molar-refractivity contribution in [3.8, 4) is 0 Å². The van der Waals surface area contributed by atoms with Crippen LogP contribution in [0.5, 0.6) is 0 Å². The zero-order chi connectivity index (χ0) is 16.2. The van der Waals surface area contributed by atoms with Crippen LogP contribution >= 0.6 is 11.6 Å². The molecule has 0 aromatic carbocycles. The molecule has 0 aliphatic rings. The Balaban J connectivity index is 1.94. The molecule has 0 bridgehead atoms. The second kappa shape index (κ2) is 6.75. The third-order valence-corrected chi connectivity index (χ3v) is 3.67. The Morgan fingerprint density at radius 1 is 1.39 bits per heavy atom. The molecule has 0 saturated carbocycles. The van der Waals surface area contributed by atoms with E-state index < -0.39 is 0 Å². The number of unbranched alkanes of at least 4 members (excludes halogenated alkanes) is 1. The molecule has 0 unspecified atom stereocenters. The van der Waals surface area contributed by atoms with Crippen LogP contribution in [0.25, 0.3) is 5.65 Å². The first-order valence-electron chi connectivity index (χ1n) is 7.43. The molecule has 0 atom stereocenters. The lowest BCUT2D eigenvalue weighted by Crippen LogP contribution is -2.15. The van der Waals surface area contributed by atoms with Crippen molar-refractivity contribution in [3.63, 3.8) is 0 Å². The molecule has 0 saturated heterocycles. The van der Waals surface area contributed by atoms with Crippen LogP contribution in [-0.2, 0) is 6.42 Å². The molecule has 1 amide bonds. The average molecular weight is 330 g/mol. The van der Waals surface area contributed by atoms with Gasteiger partial charge in [0.25, 0.3) is 5.91 Å². The highest BCUT2D eigenvalue weighted by Gasteiger charge is 2.13. The van der Waals surface area contributed by atoms with Gasteiger partial charge in [-0.1, -0.05) is 24.9 Å². The Morgan fingerprint density at radius 2 is 2.26 bits per heavy atom. The number of hydrogen-bond acceptors (Lipinski definition) is 4. The Hall–Kier alpha value is -2.47. The van der Waals surface area contributed by atoms with Crippen LogP contribution < -0.4 is 5.32 Å². The Kier molecular flexibility index (Phi) is 4.52. The molecule has 3 rings (SSSR count). The van der Waals surface area contributed by atoms with Crippen molar-refractivity contribution < 1.29 is 4.79 Å². The number of fused-ring (bicyclic) bond motifs is 1. The summed E-state index contributed by atoms with van der Waals surface area (Å²) in [6.07, 6.45) is 7.91. The molecule has 0 aliphatic carbocycles. The standard InChI is InChI=1S/C16H16ClN5O/c1-2-3-5-11-10-19-22-14(8-13(17)20-15(11)22)21-16(23)12-6-4-7-18-9-12/h4,6-10H,2-3,5H2,1H3,(H,21,23). The van der Waals surface area contributed by atoms with E-state index in [2.05, 4.69) is 27.3 Å². The van der Waals surface area contributed by atoms with Crippen molar-refractivity contribution in [2.45, 2.75) is 26.2 Å². The molecule has 0 fully saturated rings. The summed E-state index contributed by atoms with van der Waals surface area (Å²) < 4.78 is 1.60. The second-order valence-corrected chi connectivity index (χ2v) is 5.56. The summed E-state index contributed by atoms with van der Waals surface area (Å²) in [6, 6.07) is 4.98. The van der Waals surface area contributed by atoms with Gasteiger partial charge in [0.15, 0.2) is 5.65 Å². The minimum Gasteiger partial charge on any atom is -0.306 e. The van der Waals surface area contributed by atoms with Gasteiger partial charge >= 0.3 is 0 Å². The zero-order valence-electron chi connectivity index (χ0n) is 12.7. The molecular formula is C16H16ClN5O. The van der Waals surface area contributed by atoms with Gasteiger partial charge in [-0.15, -0.1) is 0 Å². The number of nitrogens with one attached hydrogen (secondary N) is 1. The minimum atomic E-state index is -0.271. The Labute approximate surface area is 138 Å². The highest BCUT2D eigenvalue weighted by molar-refractivity contribution is 6.29. The number of carbonyl (C=O) groups is 1. The van der Waals surface area contributed by atoms with E-state index >= 15 is 0 Å². The highest BCUT2D eigenvalue weighted by Crippen LogP contribution is 2.20. The maximum atomic E-state index is 12.3. The SMILES string of the molecule is CCCCc1cnn2c(NC(=O)c3cccnc3)cc(Cl)nc12. The van der Waals surface area contributed by atoms with Crippen molar-refractivity contribution in [1.29, 1.82) is 0 Å². The third-order valence-electron chi connectivity index (χ3n) is 3.48. The molecule has 6 nitrogen and oxygen atoms in total. The molecule has 3 aromatic rings. The van der Waals surface area contributed by atoms with E-state index in [1.807, 2.05) is 0 Å². The van der Waals surface area contributed by atoms with Crippen molar-refractivity contribution in [3.05, 3.63) is 53.1 Å². The van der Waals surface area contributed by atoms with Crippen LogP contribution in [0.3, 0.4) is 0 Å². The van der Waals surface area contributed by atoms with Crippen LogP contribution in [0.1, 0.15) is 35.7 Å². The van der Waals surface area contributed by atoms with Crippen LogP contribution in [0.15, 0.2) is 36.8 Å². The van der Waals surface area contributed by atoms with E-state index in [0.717, 1.165) is 24.8 Å². The predicted molar refractivity (Wildman–Crippen MR) is 88.8 cm³/mol. The Bertz CT molecular complexity index is 831. The molecular weight excluding hydrogens is 314 g/mol. The minimum absolute atomic E-state index is 0.271. The van der Waals surface area contributed by atoms with Gasteiger partial charge in [0.1, 0.15) is 11.0 Å². The van der Waals surface area contributed by atoms with E-state index in [-0.39, 0.29) is 5.91 Å². The molecule has 0 spiro atoms. The van der Waals surface area contributed by atoms with E-state index in [9.17, 15) is 4.79 Å². The normalized spacial score (nSPS) is 10.9. The number of anilines is 1. The average Bonchev–Trinajstić information content (AvgIpc) is 2.96. The summed E-state index contributed by atoms with van der Waals surface area (Å²) >= 11 is 6.10. The zero-order valence-corrected chi connectivity index (χ0v) is 13.4. The quantitative estimate of drug-likeness (QED) is 0.728. The number of nitrogens with zero attached hydrogens (tertiary/aromatic N) is 4. The van der Waals surface area contributed by atoms with Crippen LogP contribution in [0.2, 0.25) is 5.15 Å². The maximum absolute atomic E-state index is 12.3. The van der Waals surface area contributed by atoms with E-state index in [0.29, 0.717) is 22.2 Å². The number of pyridine rings is 1. The molecule has 1 N–H and O–H groups in total. The van der Waals surface area contributed by atoms with Gasteiger partial charge in [0.05, 0.1) is 11.8 Å². The number of amides is 1. The largest absolute Gasteiger partial charge is 0.306 e. The number of carbonyl (C=O) groups excluding carboxylic acids is 1. The number of hydrogen-bond donors (Lipinski definition) is 1. The van der Waals surface area contributed by atoms with Gasteiger partial charge in [-0.3, -0.25) is 9.78 Å². The van der Waals surface area contributed by atoms with Gasteiger partial charge in [0, 0.05) is 24.0 Å². The van der Waals surface area contributed by atoms with Crippen LogP contribution in [-0.4, -0.2) is 25.5 Å². The first kappa shape index (κ1) is 15.4. The summed E-state index contributed by atoms with van der Waals surface area (Å²) in [5.41, 5.74) is 2.16. The third kappa shape index (κ3) is 3.32. The van der Waals surface area contributed by atoms with Crippen molar-refractivity contribution in [1.82, 2.24) is 19.6 Å². The molecule has 23 heavy (non-hydrogen) atoms. The molecule has 0 aliphatic heterocycles. The maximum Gasteiger partial charge on any atom is 0.258 e. The summed E-state index contributed by atoms with van der Waals surface area (Å²) in [6.45, 7) is 2.13. The number of aromatic nitrogens is 4. The second-order valence-electron chi connectivity index (χ2n) is 5.17. The lowest BCUT2D eigenvalue weighted by atomic mass is 10.1. The number of halogens is 1. The lowest BCUT2D eigenvalue weighted by molar-refractivity contribution is 0.102. The first-order chi connectivity index (χ1) is 11.2. The molecule has 0 radical (unpaired) electrons. The highest BCUT2D eigenvalue weighted by atomic mass is 35.5. The van der Waals surface area contributed by atoms with E-state index in [4.69, 9.17) is 11.6 Å².